The second-order valence-electron chi connectivity index (χ2n) is 6.74. The fraction of sp³-hybridized carbons (Fsp3) is 0.933. The van der Waals surface area contributed by atoms with Gasteiger partial charge in [-0.25, -0.2) is 0 Å². The molecule has 2 N–H and O–H groups in total. The number of hydrogen-bond acceptors (Lipinski definition) is 2. The van der Waals surface area contributed by atoms with Crippen molar-refractivity contribution >= 4 is 5.91 Å². The molecule has 1 amide bonds. The van der Waals surface area contributed by atoms with Gasteiger partial charge in [0.05, 0.1) is 0 Å². The highest BCUT2D eigenvalue weighted by Gasteiger charge is 2.35. The standard InChI is InChI=1S/C15H26N2O/c16-14-7-5-13(6-8-14)15(18)17(9-11-1-2-11)10-12-3-4-12/h11-14H,1-10,16H2. The van der Waals surface area contributed by atoms with E-state index in [4.69, 9.17) is 5.73 Å². The second-order valence-corrected chi connectivity index (χ2v) is 6.74. The van der Waals surface area contributed by atoms with E-state index < -0.39 is 0 Å². The molecule has 0 aromatic carbocycles. The Morgan fingerprint density at radius 2 is 1.39 bits per heavy atom. The SMILES string of the molecule is NC1CCC(C(=O)N(CC2CC2)CC2CC2)CC1. The highest BCUT2D eigenvalue weighted by atomic mass is 16.2. The Morgan fingerprint density at radius 1 is 0.889 bits per heavy atom. The van der Waals surface area contributed by atoms with Crippen LogP contribution in [0.3, 0.4) is 0 Å². The molecule has 3 aliphatic rings. The molecular formula is C15H26N2O. The van der Waals surface area contributed by atoms with Gasteiger partial charge in [-0.15, -0.1) is 0 Å². The summed E-state index contributed by atoms with van der Waals surface area (Å²) in [5.41, 5.74) is 5.93. The van der Waals surface area contributed by atoms with E-state index in [-0.39, 0.29) is 5.92 Å². The van der Waals surface area contributed by atoms with Gasteiger partial charge in [-0.05, 0) is 63.2 Å². The third-order valence-corrected chi connectivity index (χ3v) is 4.78. The maximum absolute atomic E-state index is 12.6. The van der Waals surface area contributed by atoms with Crippen LogP contribution in [-0.2, 0) is 4.79 Å². The fourth-order valence-corrected chi connectivity index (χ4v) is 3.10. The van der Waals surface area contributed by atoms with Crippen molar-refractivity contribution in [1.82, 2.24) is 4.90 Å². The van der Waals surface area contributed by atoms with Gasteiger partial charge >= 0.3 is 0 Å². The predicted molar refractivity (Wildman–Crippen MR) is 72.0 cm³/mol. The lowest BCUT2D eigenvalue weighted by Crippen LogP contribution is -2.41. The minimum atomic E-state index is 0.280. The summed E-state index contributed by atoms with van der Waals surface area (Å²) in [4.78, 5) is 14.8. The smallest absolute Gasteiger partial charge is 0.225 e. The van der Waals surface area contributed by atoms with E-state index >= 15 is 0 Å². The quantitative estimate of drug-likeness (QED) is 0.812. The Labute approximate surface area is 110 Å². The maximum Gasteiger partial charge on any atom is 0.225 e. The molecule has 102 valence electrons. The van der Waals surface area contributed by atoms with Gasteiger partial charge in [-0.1, -0.05) is 0 Å². The number of nitrogens with two attached hydrogens (primary N) is 1. The first-order valence-electron chi connectivity index (χ1n) is 7.76. The van der Waals surface area contributed by atoms with Crippen LogP contribution in [0.2, 0.25) is 0 Å². The van der Waals surface area contributed by atoms with E-state index in [1.54, 1.807) is 0 Å². The lowest BCUT2D eigenvalue weighted by molar-refractivity contribution is -0.137. The Balaban J connectivity index is 1.55. The first-order valence-corrected chi connectivity index (χ1v) is 7.76. The molecule has 0 aromatic heterocycles. The summed E-state index contributed by atoms with van der Waals surface area (Å²) < 4.78 is 0. The molecule has 3 nitrogen and oxygen atoms in total. The minimum Gasteiger partial charge on any atom is -0.342 e. The van der Waals surface area contributed by atoms with E-state index in [0.717, 1.165) is 50.6 Å². The molecule has 18 heavy (non-hydrogen) atoms. The van der Waals surface area contributed by atoms with Gasteiger partial charge < -0.3 is 10.6 Å². The molecule has 0 heterocycles. The molecule has 0 bridgehead atoms. The molecule has 3 heteroatoms. The number of carbonyl (C=O) groups is 1. The van der Waals surface area contributed by atoms with Crippen molar-refractivity contribution in [2.75, 3.05) is 13.1 Å². The predicted octanol–water partition coefficient (Wildman–Crippen LogP) is 2.15. The third kappa shape index (κ3) is 3.25. The highest BCUT2D eigenvalue weighted by molar-refractivity contribution is 5.79. The summed E-state index contributed by atoms with van der Waals surface area (Å²) >= 11 is 0. The van der Waals surface area contributed by atoms with Crippen LogP contribution in [0.25, 0.3) is 0 Å². The Morgan fingerprint density at radius 3 is 1.83 bits per heavy atom. The van der Waals surface area contributed by atoms with E-state index in [1.807, 2.05) is 0 Å². The molecule has 3 fully saturated rings. The molecular weight excluding hydrogens is 224 g/mol. The third-order valence-electron chi connectivity index (χ3n) is 4.78. The molecule has 0 atom stereocenters. The molecule has 3 saturated carbocycles. The number of nitrogens with zero attached hydrogens (tertiary/aromatic N) is 1. The van der Waals surface area contributed by atoms with Crippen LogP contribution in [-0.4, -0.2) is 29.9 Å². The number of amides is 1. The van der Waals surface area contributed by atoms with Crippen molar-refractivity contribution in [3.05, 3.63) is 0 Å². The maximum atomic E-state index is 12.6. The van der Waals surface area contributed by atoms with Crippen LogP contribution >= 0.6 is 0 Å². The molecule has 0 radical (unpaired) electrons. The number of carbonyl (C=O) groups excluding carboxylic acids is 1. The zero-order valence-corrected chi connectivity index (χ0v) is 11.3. The average molecular weight is 250 g/mol. The van der Waals surface area contributed by atoms with E-state index in [2.05, 4.69) is 4.90 Å². The average Bonchev–Trinajstić information content (AvgIpc) is 3.23. The fourth-order valence-electron chi connectivity index (χ4n) is 3.10. The Kier molecular flexibility index (Phi) is 3.60. The van der Waals surface area contributed by atoms with Crippen LogP contribution in [0.5, 0.6) is 0 Å². The van der Waals surface area contributed by atoms with Crippen LogP contribution in [0.4, 0.5) is 0 Å². The van der Waals surface area contributed by atoms with Gasteiger partial charge in [0.1, 0.15) is 0 Å². The van der Waals surface area contributed by atoms with Crippen LogP contribution in [0.1, 0.15) is 51.4 Å². The molecule has 0 saturated heterocycles. The van der Waals surface area contributed by atoms with Gasteiger partial charge in [0.15, 0.2) is 0 Å². The molecule has 3 rings (SSSR count). The van der Waals surface area contributed by atoms with Crippen molar-refractivity contribution in [2.24, 2.45) is 23.5 Å². The van der Waals surface area contributed by atoms with Gasteiger partial charge in [0, 0.05) is 25.0 Å². The lowest BCUT2D eigenvalue weighted by atomic mass is 9.85. The molecule has 0 aromatic rings. The van der Waals surface area contributed by atoms with E-state index in [1.165, 1.54) is 25.7 Å². The monoisotopic (exact) mass is 250 g/mol. The summed E-state index contributed by atoms with van der Waals surface area (Å²) in [6, 6.07) is 0.342. The van der Waals surface area contributed by atoms with Gasteiger partial charge in [-0.3, -0.25) is 4.79 Å². The summed E-state index contributed by atoms with van der Waals surface area (Å²) in [7, 11) is 0. The summed E-state index contributed by atoms with van der Waals surface area (Å²) in [6.45, 7) is 2.08. The molecule has 0 spiro atoms. The lowest BCUT2D eigenvalue weighted by Gasteiger charge is -2.31. The summed E-state index contributed by atoms with van der Waals surface area (Å²) in [5.74, 6) is 2.36. The molecule has 0 unspecified atom stereocenters. The van der Waals surface area contributed by atoms with Crippen LogP contribution < -0.4 is 5.73 Å². The van der Waals surface area contributed by atoms with Crippen molar-refractivity contribution in [2.45, 2.75) is 57.4 Å². The van der Waals surface area contributed by atoms with Gasteiger partial charge in [0.25, 0.3) is 0 Å². The Bertz CT molecular complexity index is 288. The van der Waals surface area contributed by atoms with Crippen molar-refractivity contribution < 1.29 is 4.79 Å². The van der Waals surface area contributed by atoms with Crippen molar-refractivity contribution in [1.29, 1.82) is 0 Å². The number of rotatable bonds is 5. The zero-order valence-electron chi connectivity index (χ0n) is 11.3. The normalized spacial score (nSPS) is 32.3. The number of hydrogen-bond donors (Lipinski definition) is 1. The van der Waals surface area contributed by atoms with Gasteiger partial charge in [0.2, 0.25) is 5.91 Å². The zero-order chi connectivity index (χ0) is 12.5. The van der Waals surface area contributed by atoms with E-state index in [0.29, 0.717) is 11.9 Å². The van der Waals surface area contributed by atoms with Crippen LogP contribution in [0.15, 0.2) is 0 Å². The first-order chi connectivity index (χ1) is 8.72. The second kappa shape index (κ2) is 5.20. The first kappa shape index (κ1) is 12.5. The largest absolute Gasteiger partial charge is 0.342 e. The van der Waals surface area contributed by atoms with Crippen LogP contribution in [0, 0.1) is 17.8 Å². The summed E-state index contributed by atoms with van der Waals surface area (Å²) in [6.07, 6.45) is 9.47. The molecule has 0 aliphatic heterocycles. The highest BCUT2D eigenvalue weighted by Crippen LogP contribution is 2.35. The topological polar surface area (TPSA) is 46.3 Å². The van der Waals surface area contributed by atoms with Crippen molar-refractivity contribution in [3.8, 4) is 0 Å². The van der Waals surface area contributed by atoms with Crippen molar-refractivity contribution in [3.63, 3.8) is 0 Å². The minimum absolute atomic E-state index is 0.280. The van der Waals surface area contributed by atoms with Gasteiger partial charge in [-0.2, -0.15) is 0 Å². The van der Waals surface area contributed by atoms with E-state index in [9.17, 15) is 4.79 Å². The molecule has 3 aliphatic carbocycles. The Hall–Kier alpha value is -0.570. The summed E-state index contributed by atoms with van der Waals surface area (Å²) in [5, 5.41) is 0.